The number of phenolic OH excluding ortho intramolecular Hbond substituents is 1. The van der Waals surface area contributed by atoms with Crippen molar-refractivity contribution in [1.29, 1.82) is 10.8 Å². The molecule has 26 unspecified atom stereocenters. The molecule has 0 saturated carbocycles. The van der Waals surface area contributed by atoms with Crippen molar-refractivity contribution in [2.24, 2.45) is 0 Å². The smallest absolute Gasteiger partial charge is 0.246 e. The van der Waals surface area contributed by atoms with Crippen molar-refractivity contribution in [2.45, 2.75) is 178 Å². The summed E-state index contributed by atoms with van der Waals surface area (Å²) < 4.78 is 41.7. The minimum Gasteiger partial charge on any atom is -0.508 e. The Balaban J connectivity index is 0.999. The van der Waals surface area contributed by atoms with Gasteiger partial charge in [-0.25, -0.2) is 0 Å². The highest BCUT2D eigenvalue weighted by Gasteiger charge is 2.57. The number of nitrogens with one attached hydrogen (secondary N) is 11. The van der Waals surface area contributed by atoms with Gasteiger partial charge in [0.25, 0.3) is 0 Å². The van der Waals surface area contributed by atoms with E-state index in [1.54, 1.807) is 48.5 Å². The van der Waals surface area contributed by atoms with Crippen molar-refractivity contribution in [2.75, 3.05) is 53.2 Å². The standard InChI is InChI=1S/C69H92N12O27/c1-29(32-11-7-4-8-12-32)45-62(98)78-46(44(33-14-16-34(85)17-15-33)60-56(94)55(93)59(41(25-84)105-60)108-67-58(96)54(92)52(90)42(107-67)28-103-26-31-13-18-38(102-2)39(19-31)104-27-30-9-5-3-6-10-30)63(99)79-47(49(87)35-20-73-68(70)76-35)65(101)80-48(64(100)75-36(23-82)61(97)72-22-43(86)77-45)50(88)37-21-74-69(71)81(37)66-57(95)53(91)51(89)40(24-83)106-66/h3-19,29,35-37,40-42,44-60,66-67,82-85,87-96H,20-28H2,1-2H3,(H2,71,74)(H,72,97)(H,75,100)(H,77,86)(H,78,98)(H,79,99)(H,80,101)(H3,70,73,76). The molecule has 39 heteroatoms. The number of methoxy groups -OCH3 is 1. The van der Waals surface area contributed by atoms with Gasteiger partial charge >= 0.3 is 0 Å². The number of carbonyl (C=O) groups excluding carboxylic acids is 6. The number of guanidine groups is 2. The number of phenols is 1. The molecule has 108 heavy (non-hydrogen) atoms. The average Bonchev–Trinajstić information content (AvgIpc) is 1.02. The van der Waals surface area contributed by atoms with Gasteiger partial charge in [-0.3, -0.25) is 39.6 Å². The van der Waals surface area contributed by atoms with Crippen LogP contribution in [0.1, 0.15) is 41.0 Å². The Bertz CT molecular complexity index is 3750. The molecule has 4 aromatic carbocycles. The number of aromatic hydroxyl groups is 1. The van der Waals surface area contributed by atoms with Gasteiger partial charge in [0.2, 0.25) is 35.4 Å². The van der Waals surface area contributed by atoms with Gasteiger partial charge in [-0.05, 0) is 46.5 Å². The van der Waals surface area contributed by atoms with E-state index in [0.29, 0.717) is 22.6 Å². The number of hydrogen-bond acceptors (Lipinski definition) is 29. The third-order valence-electron chi connectivity index (χ3n) is 19.8. The van der Waals surface area contributed by atoms with Gasteiger partial charge in [-0.2, -0.15) is 0 Å². The first-order chi connectivity index (χ1) is 51.7. The number of aliphatic hydroxyl groups excluding tert-OH is 13. The Morgan fingerprint density at radius 3 is 1.81 bits per heavy atom. The van der Waals surface area contributed by atoms with Crippen LogP contribution in [0.15, 0.2) is 103 Å². The molecular formula is C69H92N12O27. The van der Waals surface area contributed by atoms with E-state index in [-0.39, 0.29) is 25.3 Å². The van der Waals surface area contributed by atoms with E-state index in [9.17, 15) is 85.9 Å². The van der Waals surface area contributed by atoms with E-state index in [1.807, 2.05) is 30.3 Å². The van der Waals surface area contributed by atoms with E-state index in [2.05, 4.69) is 47.9 Å². The summed E-state index contributed by atoms with van der Waals surface area (Å²) in [6.07, 6.45) is -34.4. The van der Waals surface area contributed by atoms with Crippen molar-refractivity contribution in [3.05, 3.63) is 125 Å². The van der Waals surface area contributed by atoms with Crippen molar-refractivity contribution in [3.63, 3.8) is 0 Å². The number of ether oxygens (including phenoxy) is 7. The molecule has 0 aromatic heterocycles. The van der Waals surface area contributed by atoms with Crippen molar-refractivity contribution in [1.82, 2.24) is 52.8 Å². The summed E-state index contributed by atoms with van der Waals surface area (Å²) in [6, 6.07) is 12.5. The van der Waals surface area contributed by atoms with E-state index in [0.717, 1.165) is 22.6 Å². The third-order valence-corrected chi connectivity index (χ3v) is 19.8. The number of aliphatic hydroxyl groups is 13. The van der Waals surface area contributed by atoms with Crippen LogP contribution in [-0.4, -0.2) is 323 Å². The van der Waals surface area contributed by atoms with Crippen LogP contribution in [-0.2, 0) is 65.7 Å². The van der Waals surface area contributed by atoms with Gasteiger partial charge in [-0.1, -0.05) is 85.8 Å². The van der Waals surface area contributed by atoms with Crippen molar-refractivity contribution >= 4 is 47.4 Å². The van der Waals surface area contributed by atoms with Crippen LogP contribution >= 0.6 is 0 Å². The number of benzene rings is 4. The molecule has 6 fully saturated rings. The predicted molar refractivity (Wildman–Crippen MR) is 368 cm³/mol. The number of amides is 6. The molecule has 6 aliphatic rings. The van der Waals surface area contributed by atoms with Gasteiger partial charge in [0.1, 0.15) is 128 Å². The highest BCUT2D eigenvalue weighted by atomic mass is 16.7. The fourth-order valence-electron chi connectivity index (χ4n) is 13.7. The first-order valence-electron chi connectivity index (χ1n) is 34.7. The second-order valence-electron chi connectivity index (χ2n) is 26.9. The normalized spacial score (nSPS) is 33.7. The summed E-state index contributed by atoms with van der Waals surface area (Å²) in [6.45, 7) is -4.17. The summed E-state index contributed by atoms with van der Waals surface area (Å²) in [5, 5.41) is 198. The van der Waals surface area contributed by atoms with Gasteiger partial charge in [0.15, 0.2) is 35.9 Å². The van der Waals surface area contributed by atoms with Crippen LogP contribution in [0.5, 0.6) is 17.2 Å². The Morgan fingerprint density at radius 2 is 1.17 bits per heavy atom. The first-order valence-corrected chi connectivity index (χ1v) is 34.7. The molecule has 590 valence electrons. The second kappa shape index (κ2) is 36.4. The van der Waals surface area contributed by atoms with Crippen LogP contribution < -0.4 is 57.3 Å². The number of carbonyl (C=O) groups is 6. The maximum atomic E-state index is 16.1. The molecule has 0 radical (unpaired) electrons. The lowest BCUT2D eigenvalue weighted by atomic mass is 9.79. The van der Waals surface area contributed by atoms with Gasteiger partial charge in [0.05, 0.1) is 64.9 Å². The lowest BCUT2D eigenvalue weighted by Gasteiger charge is -2.48. The van der Waals surface area contributed by atoms with Crippen molar-refractivity contribution in [3.8, 4) is 17.2 Å². The second-order valence-corrected chi connectivity index (χ2v) is 26.9. The molecule has 4 aromatic rings. The van der Waals surface area contributed by atoms with Crippen molar-refractivity contribution < 1.29 is 133 Å². The zero-order valence-corrected chi connectivity index (χ0v) is 58.2. The first kappa shape index (κ1) is 81.4. The van der Waals surface area contributed by atoms with Crippen LogP contribution in [0.3, 0.4) is 0 Å². The molecule has 25 N–H and O–H groups in total. The van der Waals surface area contributed by atoms with Gasteiger partial charge < -0.3 is 157 Å². The average molecular weight is 1520 g/mol. The Kier molecular flexibility index (Phi) is 27.5. The Morgan fingerprint density at radius 1 is 0.546 bits per heavy atom. The zero-order valence-electron chi connectivity index (χ0n) is 58.2. The fourth-order valence-corrected chi connectivity index (χ4v) is 13.7. The largest absolute Gasteiger partial charge is 0.508 e. The van der Waals surface area contributed by atoms with E-state index in [1.165, 1.54) is 26.2 Å². The van der Waals surface area contributed by atoms with Crippen LogP contribution in [0.4, 0.5) is 0 Å². The molecule has 6 aliphatic heterocycles. The maximum absolute atomic E-state index is 16.1. The lowest BCUT2D eigenvalue weighted by molar-refractivity contribution is -0.344. The number of rotatable bonds is 23. The Hall–Kier alpha value is -9.08. The highest BCUT2D eigenvalue weighted by Crippen LogP contribution is 2.39. The maximum Gasteiger partial charge on any atom is 0.246 e. The molecule has 6 heterocycles. The molecular weight excluding hydrogens is 1430 g/mol. The topological polar surface area (TPSA) is 609 Å². The van der Waals surface area contributed by atoms with Crippen LogP contribution in [0.2, 0.25) is 0 Å². The molecule has 10 rings (SSSR count). The SMILES string of the molecule is COc1ccc(COCC2OC(OC3C(CO)OC(C(c4ccc(O)cc4)C4NC(=O)C(C(C)c5ccccc5)NC(=O)CNC(=O)C(CO)NC(=O)C(C(O)C5CNC(=N)N5C5OC(CO)C(O)C(O)C5O)NC(=O)C(C(O)C5CNC(=N)N5)NC4=O)C(O)C3O)C(O)C(O)C2O)cc1OCc1ccccc1. The summed E-state index contributed by atoms with van der Waals surface area (Å²) in [4.78, 5) is 91.1. The minimum absolute atomic E-state index is 0.129. The quantitative estimate of drug-likeness (QED) is 0.0328. The minimum atomic E-state index is -2.48. The number of nitrogens with zero attached hydrogens (tertiary/aromatic N) is 1. The monoisotopic (exact) mass is 1520 g/mol. The summed E-state index contributed by atoms with van der Waals surface area (Å²) in [7, 11) is 1.46. The molecule has 0 spiro atoms. The molecule has 6 amide bonds. The molecule has 0 aliphatic carbocycles. The van der Waals surface area contributed by atoms with E-state index in [4.69, 9.17) is 44.0 Å². The van der Waals surface area contributed by atoms with Crippen LogP contribution in [0, 0.1) is 10.8 Å². The predicted octanol–water partition coefficient (Wildman–Crippen LogP) is -9.47. The number of hydrogen-bond donors (Lipinski definition) is 25. The van der Waals surface area contributed by atoms with E-state index < -0.39 is 251 Å². The Labute approximate surface area is 616 Å². The van der Waals surface area contributed by atoms with Crippen LogP contribution in [0.25, 0.3) is 0 Å². The highest BCUT2D eigenvalue weighted by molar-refractivity contribution is 5.99. The third kappa shape index (κ3) is 18.4. The zero-order chi connectivity index (χ0) is 77.9. The molecule has 0 bridgehead atoms. The lowest BCUT2D eigenvalue weighted by Crippen LogP contribution is -2.70. The summed E-state index contributed by atoms with van der Waals surface area (Å²) >= 11 is 0. The van der Waals surface area contributed by atoms with E-state index >= 15 is 14.4 Å². The molecule has 6 saturated heterocycles. The molecule has 39 nitrogen and oxygen atoms in total. The van der Waals surface area contributed by atoms with Gasteiger partial charge in [-0.15, -0.1) is 0 Å². The summed E-state index contributed by atoms with van der Waals surface area (Å²) in [5.41, 5.74) is 1.67. The molecule has 26 atom stereocenters. The summed E-state index contributed by atoms with van der Waals surface area (Å²) in [5.74, 6) is -12.0. The fraction of sp³-hybridized carbons (Fsp3) is 0.536. The van der Waals surface area contributed by atoms with Gasteiger partial charge in [0, 0.05) is 24.9 Å².